The Morgan fingerprint density at radius 1 is 1.30 bits per heavy atom. The van der Waals surface area contributed by atoms with Crippen molar-refractivity contribution >= 4 is 23.5 Å². The summed E-state index contributed by atoms with van der Waals surface area (Å²) in [6.45, 7) is 6.82. The van der Waals surface area contributed by atoms with Crippen LogP contribution < -0.4 is 15.8 Å². The molecule has 2 N–H and O–H groups in total. The second-order valence-corrected chi connectivity index (χ2v) is 5.32. The standard InChI is InChI=1S/C15H21N3O5/c1-8(2)16-14(21)15(22)18-17-9(3)12-7-11(23-10(12)4)5-6-13(19)20/h7-8H,5-6H2,1-4H3,(H,16,21)(H,18,22)(H,19,20)/p-1/b17-9-. The summed E-state index contributed by atoms with van der Waals surface area (Å²) in [6.07, 6.45) is 0.0638. The molecular weight excluding hydrogens is 302 g/mol. The van der Waals surface area contributed by atoms with Gasteiger partial charge in [0.2, 0.25) is 0 Å². The Labute approximate surface area is 133 Å². The number of carbonyl (C=O) groups is 3. The second kappa shape index (κ2) is 8.11. The van der Waals surface area contributed by atoms with Crippen molar-refractivity contribution in [3.05, 3.63) is 23.2 Å². The van der Waals surface area contributed by atoms with Crippen LogP contribution in [0.4, 0.5) is 0 Å². The van der Waals surface area contributed by atoms with E-state index in [0.717, 1.165) is 0 Å². The predicted molar refractivity (Wildman–Crippen MR) is 80.4 cm³/mol. The van der Waals surface area contributed by atoms with Crippen LogP contribution in [0.1, 0.15) is 44.3 Å². The lowest BCUT2D eigenvalue weighted by Gasteiger charge is -2.06. The number of nitrogens with one attached hydrogen (secondary N) is 2. The lowest BCUT2D eigenvalue weighted by atomic mass is 10.1. The number of amides is 2. The van der Waals surface area contributed by atoms with Gasteiger partial charge in [0.25, 0.3) is 0 Å². The Morgan fingerprint density at radius 2 is 1.96 bits per heavy atom. The lowest BCUT2D eigenvalue weighted by molar-refractivity contribution is -0.305. The summed E-state index contributed by atoms with van der Waals surface area (Å²) in [5.74, 6) is -1.76. The molecule has 8 heteroatoms. The SMILES string of the molecule is C/C(=N/NC(=O)C(=O)NC(C)C)c1cc(CCC(=O)[O-])oc1C. The molecule has 1 heterocycles. The highest BCUT2D eigenvalue weighted by molar-refractivity contribution is 6.35. The van der Waals surface area contributed by atoms with Gasteiger partial charge in [-0.25, -0.2) is 5.43 Å². The van der Waals surface area contributed by atoms with Crippen molar-refractivity contribution in [1.82, 2.24) is 10.7 Å². The monoisotopic (exact) mass is 322 g/mol. The third-order valence-electron chi connectivity index (χ3n) is 2.89. The number of hydrazone groups is 1. The van der Waals surface area contributed by atoms with Crippen molar-refractivity contribution in [2.45, 2.75) is 46.6 Å². The smallest absolute Gasteiger partial charge is 0.329 e. The molecule has 0 atom stereocenters. The Bertz CT molecular complexity index is 631. The topological polar surface area (TPSA) is 124 Å². The molecule has 0 radical (unpaired) electrons. The van der Waals surface area contributed by atoms with Gasteiger partial charge in [-0.15, -0.1) is 0 Å². The number of carbonyl (C=O) groups excluding carboxylic acids is 3. The van der Waals surface area contributed by atoms with E-state index >= 15 is 0 Å². The molecule has 23 heavy (non-hydrogen) atoms. The van der Waals surface area contributed by atoms with Crippen LogP contribution in [0.2, 0.25) is 0 Å². The molecule has 1 aromatic heterocycles. The van der Waals surface area contributed by atoms with E-state index in [0.29, 0.717) is 22.8 Å². The molecule has 2 amide bonds. The van der Waals surface area contributed by atoms with E-state index in [9.17, 15) is 19.5 Å². The molecule has 0 saturated carbocycles. The van der Waals surface area contributed by atoms with Gasteiger partial charge in [-0.1, -0.05) is 0 Å². The minimum Gasteiger partial charge on any atom is -0.550 e. The minimum atomic E-state index is -1.16. The number of carboxylic acid groups (broad SMARTS) is 1. The quantitative estimate of drug-likeness (QED) is 0.420. The highest BCUT2D eigenvalue weighted by Gasteiger charge is 2.15. The fourth-order valence-corrected chi connectivity index (χ4v) is 1.82. The molecule has 0 unspecified atom stereocenters. The summed E-state index contributed by atoms with van der Waals surface area (Å²) in [7, 11) is 0. The van der Waals surface area contributed by atoms with Gasteiger partial charge in [0, 0.05) is 24.0 Å². The van der Waals surface area contributed by atoms with E-state index in [-0.39, 0.29) is 18.9 Å². The molecule has 0 aliphatic heterocycles. The van der Waals surface area contributed by atoms with Crippen molar-refractivity contribution in [2.75, 3.05) is 0 Å². The van der Waals surface area contributed by atoms with Crippen LogP contribution in [0.5, 0.6) is 0 Å². The Balaban J connectivity index is 2.73. The van der Waals surface area contributed by atoms with E-state index < -0.39 is 17.8 Å². The molecule has 8 nitrogen and oxygen atoms in total. The van der Waals surface area contributed by atoms with Gasteiger partial charge in [0.15, 0.2) is 0 Å². The molecule has 126 valence electrons. The number of aliphatic carboxylic acids is 1. The zero-order valence-corrected chi connectivity index (χ0v) is 13.6. The molecule has 1 aromatic rings. The van der Waals surface area contributed by atoms with Crippen LogP contribution >= 0.6 is 0 Å². The van der Waals surface area contributed by atoms with E-state index in [1.165, 1.54) is 0 Å². The summed E-state index contributed by atoms with van der Waals surface area (Å²) in [5, 5.41) is 16.8. The predicted octanol–water partition coefficient (Wildman–Crippen LogP) is -0.365. The first-order chi connectivity index (χ1) is 10.7. The van der Waals surface area contributed by atoms with Gasteiger partial charge in [0.05, 0.1) is 5.71 Å². The molecule has 0 aromatic carbocycles. The maximum absolute atomic E-state index is 11.6. The van der Waals surface area contributed by atoms with E-state index in [2.05, 4.69) is 15.8 Å². The molecule has 1 rings (SSSR count). The molecule has 0 fully saturated rings. The van der Waals surface area contributed by atoms with Crippen molar-refractivity contribution in [3.63, 3.8) is 0 Å². The fraction of sp³-hybridized carbons (Fsp3) is 0.467. The third-order valence-corrected chi connectivity index (χ3v) is 2.89. The number of carboxylic acids is 1. The number of hydrogen-bond donors (Lipinski definition) is 2. The molecular formula is C15H20N3O5-. The van der Waals surface area contributed by atoms with Crippen molar-refractivity contribution in [3.8, 4) is 0 Å². The first kappa shape index (κ1) is 18.4. The Morgan fingerprint density at radius 3 is 2.52 bits per heavy atom. The molecule has 0 bridgehead atoms. The van der Waals surface area contributed by atoms with Gasteiger partial charge < -0.3 is 19.6 Å². The minimum absolute atomic E-state index is 0.144. The number of aryl methyl sites for hydroxylation is 2. The average Bonchev–Trinajstić information content (AvgIpc) is 2.82. The maximum atomic E-state index is 11.6. The molecule has 0 aliphatic carbocycles. The largest absolute Gasteiger partial charge is 0.550 e. The van der Waals surface area contributed by atoms with Crippen molar-refractivity contribution in [2.24, 2.45) is 5.10 Å². The van der Waals surface area contributed by atoms with Crippen LogP contribution in [0, 0.1) is 6.92 Å². The summed E-state index contributed by atoms with van der Waals surface area (Å²) < 4.78 is 5.43. The maximum Gasteiger partial charge on any atom is 0.329 e. The zero-order chi connectivity index (χ0) is 17.6. The van der Waals surface area contributed by atoms with Crippen LogP contribution in [-0.4, -0.2) is 29.5 Å². The number of nitrogens with zero attached hydrogens (tertiary/aromatic N) is 1. The van der Waals surface area contributed by atoms with E-state index in [1.54, 1.807) is 33.8 Å². The molecule has 0 saturated heterocycles. The number of hydrogen-bond acceptors (Lipinski definition) is 6. The highest BCUT2D eigenvalue weighted by Crippen LogP contribution is 2.16. The van der Waals surface area contributed by atoms with Gasteiger partial charge in [-0.05, 0) is 40.2 Å². The molecule has 0 spiro atoms. The molecule has 0 aliphatic rings. The van der Waals surface area contributed by atoms with E-state index in [1.807, 2.05) is 0 Å². The van der Waals surface area contributed by atoms with Crippen LogP contribution in [0.3, 0.4) is 0 Å². The Hall–Kier alpha value is -2.64. The van der Waals surface area contributed by atoms with Crippen LogP contribution in [0.25, 0.3) is 0 Å². The normalized spacial score (nSPS) is 11.4. The summed E-state index contributed by atoms with van der Waals surface area (Å²) in [6, 6.07) is 1.50. The summed E-state index contributed by atoms with van der Waals surface area (Å²) >= 11 is 0. The lowest BCUT2D eigenvalue weighted by Crippen LogP contribution is -2.41. The first-order valence-electron chi connectivity index (χ1n) is 7.15. The first-order valence-corrected chi connectivity index (χ1v) is 7.15. The average molecular weight is 322 g/mol. The van der Waals surface area contributed by atoms with Gasteiger partial charge in [-0.2, -0.15) is 5.10 Å². The fourth-order valence-electron chi connectivity index (χ4n) is 1.82. The number of furan rings is 1. The third kappa shape index (κ3) is 5.93. The zero-order valence-electron chi connectivity index (χ0n) is 13.6. The summed E-state index contributed by atoms with van der Waals surface area (Å²) in [4.78, 5) is 33.5. The summed E-state index contributed by atoms with van der Waals surface area (Å²) in [5.41, 5.74) is 3.23. The van der Waals surface area contributed by atoms with Crippen molar-refractivity contribution < 1.29 is 23.9 Å². The Kier molecular flexibility index (Phi) is 6.49. The second-order valence-electron chi connectivity index (χ2n) is 5.32. The van der Waals surface area contributed by atoms with Gasteiger partial charge >= 0.3 is 11.8 Å². The van der Waals surface area contributed by atoms with Gasteiger partial charge in [-0.3, -0.25) is 9.59 Å². The number of rotatable bonds is 6. The van der Waals surface area contributed by atoms with Crippen LogP contribution in [-0.2, 0) is 20.8 Å². The van der Waals surface area contributed by atoms with E-state index in [4.69, 9.17) is 4.42 Å². The highest BCUT2D eigenvalue weighted by atomic mass is 16.4. The van der Waals surface area contributed by atoms with Crippen molar-refractivity contribution in [1.29, 1.82) is 0 Å². The van der Waals surface area contributed by atoms with Crippen LogP contribution in [0.15, 0.2) is 15.6 Å². The van der Waals surface area contributed by atoms with Gasteiger partial charge in [0.1, 0.15) is 11.5 Å².